The maximum absolute atomic E-state index is 16.8. The molecule has 0 bridgehead atoms. The normalized spacial score (nSPS) is 17.7. The molecular weight excluding hydrogens is 459 g/mol. The molecule has 0 aliphatic carbocycles. The van der Waals surface area contributed by atoms with Gasteiger partial charge in [-0.15, -0.1) is 0 Å². The highest BCUT2D eigenvalue weighted by molar-refractivity contribution is 6.14. The van der Waals surface area contributed by atoms with Gasteiger partial charge in [-0.2, -0.15) is 0 Å². The quantitative estimate of drug-likeness (QED) is 0.477. The molecule has 1 heterocycles. The lowest BCUT2D eigenvalue weighted by atomic mass is 9.84. The minimum absolute atomic E-state index is 0.0767. The Hall–Kier alpha value is -3.17. The third-order valence-corrected chi connectivity index (χ3v) is 6.69. The first-order valence-corrected chi connectivity index (χ1v) is 11.7. The SMILES string of the molecule is CCC(CC)(CC)OC(=O)N[C@H](c1cccc(OC)c1)[C@@](F)(C(C)=O)C(=O)N1C(=O)OCC1(C)C. The molecule has 1 aromatic carbocycles. The van der Waals surface area contributed by atoms with Gasteiger partial charge in [-0.3, -0.25) is 9.59 Å². The number of amides is 3. The molecule has 194 valence electrons. The van der Waals surface area contributed by atoms with Crippen LogP contribution < -0.4 is 10.1 Å². The minimum Gasteiger partial charge on any atom is -0.497 e. The average molecular weight is 495 g/mol. The summed E-state index contributed by atoms with van der Waals surface area (Å²) in [6.07, 6.45) is -0.535. The van der Waals surface area contributed by atoms with Crippen LogP contribution in [0.15, 0.2) is 24.3 Å². The van der Waals surface area contributed by atoms with Crippen LogP contribution in [0.5, 0.6) is 5.75 Å². The molecule has 0 saturated carbocycles. The summed E-state index contributed by atoms with van der Waals surface area (Å²) in [5.41, 5.74) is -5.28. The van der Waals surface area contributed by atoms with Gasteiger partial charge in [-0.25, -0.2) is 18.9 Å². The van der Waals surface area contributed by atoms with Crippen molar-refractivity contribution in [3.63, 3.8) is 0 Å². The second kappa shape index (κ2) is 10.6. The summed E-state index contributed by atoms with van der Waals surface area (Å²) in [4.78, 5) is 52.3. The first-order valence-electron chi connectivity index (χ1n) is 11.7. The van der Waals surface area contributed by atoms with E-state index in [0.29, 0.717) is 29.9 Å². The highest BCUT2D eigenvalue weighted by Gasteiger charge is 2.60. The number of alkyl carbamates (subject to hydrolysis) is 1. The van der Waals surface area contributed by atoms with Gasteiger partial charge in [0.15, 0.2) is 5.78 Å². The van der Waals surface area contributed by atoms with E-state index in [1.54, 1.807) is 6.07 Å². The lowest BCUT2D eigenvalue weighted by Gasteiger charge is -2.37. The van der Waals surface area contributed by atoms with Crippen molar-refractivity contribution in [1.82, 2.24) is 10.2 Å². The Bertz CT molecular complexity index is 968. The number of alkyl halides is 1. The van der Waals surface area contributed by atoms with Crippen LogP contribution in [0.3, 0.4) is 0 Å². The van der Waals surface area contributed by atoms with E-state index in [1.807, 2.05) is 20.8 Å². The second-order valence-electron chi connectivity index (χ2n) is 9.26. The number of methoxy groups -OCH3 is 1. The molecule has 0 unspecified atom stereocenters. The summed E-state index contributed by atoms with van der Waals surface area (Å²) in [5, 5.41) is 2.40. The second-order valence-corrected chi connectivity index (χ2v) is 9.26. The third kappa shape index (κ3) is 5.41. The molecule has 0 aromatic heterocycles. The van der Waals surface area contributed by atoms with Crippen LogP contribution in [0, 0.1) is 0 Å². The molecule has 0 spiro atoms. The largest absolute Gasteiger partial charge is 0.497 e. The van der Waals surface area contributed by atoms with E-state index in [9.17, 15) is 19.2 Å². The minimum atomic E-state index is -3.35. The van der Waals surface area contributed by atoms with Gasteiger partial charge < -0.3 is 19.5 Å². The first kappa shape index (κ1) is 28.1. The van der Waals surface area contributed by atoms with Crippen molar-refractivity contribution in [2.24, 2.45) is 0 Å². The van der Waals surface area contributed by atoms with Crippen LogP contribution in [0.25, 0.3) is 0 Å². The van der Waals surface area contributed by atoms with Crippen LogP contribution >= 0.6 is 0 Å². The number of nitrogens with one attached hydrogen (secondary N) is 1. The summed E-state index contributed by atoms with van der Waals surface area (Å²) >= 11 is 0. The summed E-state index contributed by atoms with van der Waals surface area (Å²) in [5.74, 6) is -2.32. The number of ether oxygens (including phenoxy) is 3. The monoisotopic (exact) mass is 494 g/mol. The Balaban J connectivity index is 2.62. The molecule has 10 heteroatoms. The predicted octanol–water partition coefficient (Wildman–Crippen LogP) is 4.49. The van der Waals surface area contributed by atoms with Crippen LogP contribution in [0.4, 0.5) is 14.0 Å². The molecule has 0 radical (unpaired) electrons. The van der Waals surface area contributed by atoms with Crippen LogP contribution in [-0.2, 0) is 19.1 Å². The Labute approximate surface area is 205 Å². The van der Waals surface area contributed by atoms with Gasteiger partial charge in [-0.05, 0) is 57.7 Å². The van der Waals surface area contributed by atoms with Gasteiger partial charge in [-0.1, -0.05) is 32.9 Å². The van der Waals surface area contributed by atoms with E-state index in [2.05, 4.69) is 5.32 Å². The molecule has 1 fully saturated rings. The molecule has 9 nitrogen and oxygen atoms in total. The fourth-order valence-electron chi connectivity index (χ4n) is 4.16. The highest BCUT2D eigenvalue weighted by atomic mass is 19.1. The molecule has 35 heavy (non-hydrogen) atoms. The number of benzene rings is 1. The molecular formula is C25H35FN2O7. The number of rotatable bonds is 10. The zero-order valence-electron chi connectivity index (χ0n) is 21.4. The number of cyclic esters (lactones) is 1. The Kier molecular flexibility index (Phi) is 8.52. The number of hydrogen-bond donors (Lipinski definition) is 1. The number of nitrogens with zero attached hydrogens (tertiary/aromatic N) is 1. The standard InChI is InChI=1S/C25H35FN2O7/c1-8-24(9-2,10-3)35-21(31)27-19(17-12-11-13-18(14-17)33-7)25(26,16(4)29)20(30)28-22(32)34-15-23(28,5)6/h11-14,19H,8-10,15H2,1-7H3,(H,27,31)/t19-,25+/m1/s1. The number of imide groups is 1. The summed E-state index contributed by atoms with van der Waals surface area (Å²) in [6, 6.07) is 4.14. The van der Waals surface area contributed by atoms with Crippen LogP contribution in [0.1, 0.15) is 72.4 Å². The number of halogens is 1. The topological polar surface area (TPSA) is 111 Å². The Morgan fingerprint density at radius 2 is 1.80 bits per heavy atom. The first-order chi connectivity index (χ1) is 16.3. The molecule has 1 N–H and O–H groups in total. The summed E-state index contributed by atoms with van der Waals surface area (Å²) in [6.45, 7) is 9.32. The molecule has 1 aromatic rings. The third-order valence-electron chi connectivity index (χ3n) is 6.69. The molecule has 3 amide bonds. The van der Waals surface area contributed by atoms with E-state index in [-0.39, 0.29) is 12.2 Å². The van der Waals surface area contributed by atoms with Crippen molar-refractivity contribution in [3.8, 4) is 5.75 Å². The van der Waals surface area contributed by atoms with E-state index in [1.165, 1.54) is 39.2 Å². The zero-order chi connectivity index (χ0) is 26.6. The maximum atomic E-state index is 16.8. The van der Waals surface area contributed by atoms with Gasteiger partial charge in [0.2, 0.25) is 0 Å². The van der Waals surface area contributed by atoms with Crippen molar-refractivity contribution < 1.29 is 37.8 Å². The molecule has 1 aliphatic heterocycles. The van der Waals surface area contributed by atoms with Gasteiger partial charge in [0, 0.05) is 0 Å². The zero-order valence-corrected chi connectivity index (χ0v) is 21.4. The molecule has 1 saturated heterocycles. The van der Waals surface area contributed by atoms with Crippen molar-refractivity contribution in [1.29, 1.82) is 0 Å². The lowest BCUT2D eigenvalue weighted by Crippen LogP contribution is -2.61. The number of hydrogen-bond acceptors (Lipinski definition) is 7. The van der Waals surface area contributed by atoms with Gasteiger partial charge >= 0.3 is 12.2 Å². The summed E-state index contributed by atoms with van der Waals surface area (Å²) < 4.78 is 32.7. The van der Waals surface area contributed by atoms with Crippen LogP contribution in [-0.4, -0.2) is 59.3 Å². The van der Waals surface area contributed by atoms with Gasteiger partial charge in [0.1, 0.15) is 24.0 Å². The maximum Gasteiger partial charge on any atom is 0.417 e. The van der Waals surface area contributed by atoms with Crippen molar-refractivity contribution in [3.05, 3.63) is 29.8 Å². The number of carbonyl (C=O) groups excluding carboxylic acids is 4. The fourth-order valence-corrected chi connectivity index (χ4v) is 4.16. The van der Waals surface area contributed by atoms with Crippen molar-refractivity contribution in [2.75, 3.05) is 13.7 Å². The Morgan fingerprint density at radius 1 is 1.20 bits per heavy atom. The molecule has 2 atom stereocenters. The number of Topliss-reactive ketones (excluding diaryl/α,β-unsaturated/α-hetero) is 1. The highest BCUT2D eigenvalue weighted by Crippen LogP contribution is 2.38. The van der Waals surface area contributed by atoms with Gasteiger partial charge in [0.25, 0.3) is 11.6 Å². The molecule has 1 aliphatic rings. The van der Waals surface area contributed by atoms with E-state index in [0.717, 1.165) is 6.92 Å². The number of carbonyl (C=O) groups is 4. The van der Waals surface area contributed by atoms with E-state index < -0.39 is 46.7 Å². The fraction of sp³-hybridized carbons (Fsp3) is 0.600. The smallest absolute Gasteiger partial charge is 0.417 e. The molecule has 2 rings (SSSR count). The predicted molar refractivity (Wildman–Crippen MR) is 126 cm³/mol. The van der Waals surface area contributed by atoms with E-state index in [4.69, 9.17) is 14.2 Å². The van der Waals surface area contributed by atoms with Crippen molar-refractivity contribution >= 4 is 23.9 Å². The number of ketones is 1. The van der Waals surface area contributed by atoms with Gasteiger partial charge in [0.05, 0.1) is 12.6 Å². The van der Waals surface area contributed by atoms with E-state index >= 15 is 4.39 Å². The summed E-state index contributed by atoms with van der Waals surface area (Å²) in [7, 11) is 1.40. The average Bonchev–Trinajstić information content (AvgIpc) is 3.11. The Morgan fingerprint density at radius 3 is 2.26 bits per heavy atom. The van der Waals surface area contributed by atoms with Crippen LogP contribution in [0.2, 0.25) is 0 Å². The lowest BCUT2D eigenvalue weighted by molar-refractivity contribution is -0.153. The van der Waals surface area contributed by atoms with Crippen molar-refractivity contribution in [2.45, 2.75) is 83.7 Å².